The van der Waals surface area contributed by atoms with Crippen molar-refractivity contribution >= 4 is 18.3 Å². The molecule has 2 saturated heterocycles. The number of hydrogen-bond donors (Lipinski definition) is 1. The van der Waals surface area contributed by atoms with Gasteiger partial charge in [-0.05, 0) is 25.9 Å². The van der Waals surface area contributed by atoms with Crippen LogP contribution in [0.5, 0.6) is 0 Å². The highest BCUT2D eigenvalue weighted by Crippen LogP contribution is 2.36. The van der Waals surface area contributed by atoms with Gasteiger partial charge in [0.05, 0.1) is 5.54 Å². The number of halogens is 1. The number of carbonyl (C=O) groups excluding carboxylic acids is 1. The molecule has 5 heteroatoms. The van der Waals surface area contributed by atoms with Gasteiger partial charge in [0.25, 0.3) is 0 Å². The highest BCUT2D eigenvalue weighted by molar-refractivity contribution is 5.85. The summed E-state index contributed by atoms with van der Waals surface area (Å²) in [4.78, 5) is 12.0. The minimum absolute atomic E-state index is 0. The maximum Gasteiger partial charge on any atom is 0.238 e. The lowest BCUT2D eigenvalue weighted by Crippen LogP contribution is -2.53. The van der Waals surface area contributed by atoms with Gasteiger partial charge in [-0.15, -0.1) is 12.4 Å². The number of hydrogen-bond acceptors (Lipinski definition) is 3. The Kier molecular flexibility index (Phi) is 2.74. The Hall–Kier alpha value is -0.320. The lowest BCUT2D eigenvalue weighted by Gasteiger charge is -2.42. The van der Waals surface area contributed by atoms with Crippen molar-refractivity contribution < 1.29 is 8.91 Å². The molecule has 1 spiro atoms. The quantitative estimate of drug-likeness (QED) is 0.726. The van der Waals surface area contributed by atoms with Gasteiger partial charge in [-0.1, -0.05) is 6.92 Å². The molecule has 2 heterocycles. The van der Waals surface area contributed by atoms with Crippen LogP contribution in [-0.2, 0) is 4.79 Å². The van der Waals surface area contributed by atoms with Crippen LogP contribution in [0.4, 0.5) is 0 Å². The number of carbonyl (C=O) groups is 1. The number of hydrazine groups is 1. The van der Waals surface area contributed by atoms with E-state index in [1.165, 1.54) is 0 Å². The third kappa shape index (κ3) is 1.98. The van der Waals surface area contributed by atoms with E-state index < -0.39 is 6.98 Å². The summed E-state index contributed by atoms with van der Waals surface area (Å²) < 4.78 is 22.4. The van der Waals surface area contributed by atoms with Crippen LogP contribution < -0.4 is 5.32 Å². The molecular formula is C10H20ClN3O. The smallest absolute Gasteiger partial charge is 0.238 e. The second-order valence-electron chi connectivity index (χ2n) is 4.07. The number of nitrogens with zero attached hydrogens (tertiary/aromatic N) is 2. The molecular weight excluding hydrogens is 214 g/mol. The minimum Gasteiger partial charge on any atom is -0.317 e. The van der Waals surface area contributed by atoms with Crippen molar-refractivity contribution in [1.82, 2.24) is 15.3 Å². The van der Waals surface area contributed by atoms with E-state index in [4.69, 9.17) is 4.11 Å². The van der Waals surface area contributed by atoms with E-state index in [2.05, 4.69) is 5.32 Å². The Labute approximate surface area is 102 Å². The van der Waals surface area contributed by atoms with Crippen LogP contribution in [-0.4, -0.2) is 48.1 Å². The number of rotatable bonds is 1. The average Bonchev–Trinajstić information content (AvgIpc) is 2.51. The first-order chi connectivity index (χ1) is 7.91. The molecule has 2 aliphatic rings. The molecule has 1 amide bonds. The van der Waals surface area contributed by atoms with E-state index in [1.807, 2.05) is 6.92 Å². The monoisotopic (exact) mass is 236 g/mol. The van der Waals surface area contributed by atoms with E-state index in [0.717, 1.165) is 30.9 Å². The summed E-state index contributed by atoms with van der Waals surface area (Å²) in [6.07, 6.45) is 2.00. The predicted molar refractivity (Wildman–Crippen MR) is 61.8 cm³/mol. The van der Waals surface area contributed by atoms with Gasteiger partial charge < -0.3 is 5.32 Å². The summed E-state index contributed by atoms with van der Waals surface area (Å²) in [6, 6.07) is 0. The van der Waals surface area contributed by atoms with E-state index in [9.17, 15) is 4.79 Å². The second-order valence-corrected chi connectivity index (χ2v) is 4.07. The first kappa shape index (κ1) is 8.79. The molecule has 2 rings (SSSR count). The van der Waals surface area contributed by atoms with Crippen LogP contribution in [0.25, 0.3) is 0 Å². The first-order valence-corrected chi connectivity index (χ1v) is 5.22. The van der Waals surface area contributed by atoms with Crippen molar-refractivity contribution in [2.24, 2.45) is 0 Å². The predicted octanol–water partition coefficient (Wildman–Crippen LogP) is 0.629. The van der Waals surface area contributed by atoms with Crippen LogP contribution in [0.3, 0.4) is 0 Å². The standard InChI is InChI=1S/C10H19N3O.ClH/c1-3-13-10(4-6-11-7-5-10)8-9(14)12(13)2;/h11H,3-8H2,1-2H3;1H/i2D3;. The second kappa shape index (κ2) is 4.68. The molecule has 0 unspecified atom stereocenters. The zero-order chi connectivity index (χ0) is 12.7. The Morgan fingerprint density at radius 2 is 2.20 bits per heavy atom. The van der Waals surface area contributed by atoms with Crippen LogP contribution >= 0.6 is 12.4 Å². The van der Waals surface area contributed by atoms with E-state index >= 15 is 0 Å². The van der Waals surface area contributed by atoms with Gasteiger partial charge in [0.2, 0.25) is 5.91 Å². The molecule has 15 heavy (non-hydrogen) atoms. The molecule has 0 aromatic heterocycles. The molecule has 4 nitrogen and oxygen atoms in total. The minimum atomic E-state index is -2.36. The Morgan fingerprint density at radius 1 is 1.53 bits per heavy atom. The Balaban J connectivity index is 0.00000162. The molecule has 0 bridgehead atoms. The highest BCUT2D eigenvalue weighted by atomic mass is 35.5. The van der Waals surface area contributed by atoms with Crippen molar-refractivity contribution in [3.63, 3.8) is 0 Å². The summed E-state index contributed by atoms with van der Waals surface area (Å²) >= 11 is 0. The molecule has 0 aliphatic carbocycles. The fraction of sp³-hybridized carbons (Fsp3) is 0.900. The van der Waals surface area contributed by atoms with Gasteiger partial charge in [0.15, 0.2) is 0 Å². The van der Waals surface area contributed by atoms with Gasteiger partial charge in [-0.25, -0.2) is 5.01 Å². The molecule has 2 fully saturated rings. The molecule has 0 aromatic rings. The summed E-state index contributed by atoms with van der Waals surface area (Å²) in [5.41, 5.74) is -0.272. The molecule has 0 saturated carbocycles. The van der Waals surface area contributed by atoms with Gasteiger partial charge >= 0.3 is 0 Å². The fourth-order valence-corrected chi connectivity index (χ4v) is 2.60. The van der Waals surface area contributed by atoms with Crippen molar-refractivity contribution in [3.05, 3.63) is 0 Å². The third-order valence-electron chi connectivity index (χ3n) is 3.34. The third-order valence-corrected chi connectivity index (χ3v) is 3.34. The first-order valence-electron chi connectivity index (χ1n) is 6.72. The molecule has 1 N–H and O–H groups in total. The maximum atomic E-state index is 12.0. The zero-order valence-electron chi connectivity index (χ0n) is 12.0. The zero-order valence-corrected chi connectivity index (χ0v) is 9.77. The Morgan fingerprint density at radius 3 is 2.73 bits per heavy atom. The van der Waals surface area contributed by atoms with Crippen LogP contribution in [0, 0.1) is 0 Å². The largest absolute Gasteiger partial charge is 0.317 e. The fourth-order valence-electron chi connectivity index (χ4n) is 2.60. The highest BCUT2D eigenvalue weighted by Gasteiger charge is 2.47. The summed E-state index contributed by atoms with van der Waals surface area (Å²) in [5.74, 6) is -0.270. The van der Waals surface area contributed by atoms with Gasteiger partial charge in [0.1, 0.15) is 0 Å². The molecule has 88 valence electrons. The summed E-state index contributed by atoms with van der Waals surface area (Å²) in [7, 11) is 0. The number of piperidine rings is 1. The van der Waals surface area contributed by atoms with Crippen LogP contribution in [0.2, 0.25) is 0 Å². The molecule has 0 radical (unpaired) electrons. The van der Waals surface area contributed by atoms with E-state index in [0.29, 0.717) is 13.0 Å². The number of nitrogens with one attached hydrogen (secondary N) is 1. The van der Waals surface area contributed by atoms with Crippen LogP contribution in [0.1, 0.15) is 30.3 Å². The van der Waals surface area contributed by atoms with Gasteiger partial charge in [-0.2, -0.15) is 0 Å². The van der Waals surface area contributed by atoms with Crippen molar-refractivity contribution in [3.8, 4) is 0 Å². The normalized spacial score (nSPS) is 29.5. The van der Waals surface area contributed by atoms with Crippen molar-refractivity contribution in [2.75, 3.05) is 26.6 Å². The van der Waals surface area contributed by atoms with Crippen LogP contribution in [0.15, 0.2) is 0 Å². The van der Waals surface area contributed by atoms with Crippen molar-refractivity contribution in [1.29, 1.82) is 0 Å². The van der Waals surface area contributed by atoms with E-state index in [-0.39, 0.29) is 23.9 Å². The lowest BCUT2D eigenvalue weighted by molar-refractivity contribution is -0.137. The summed E-state index contributed by atoms with van der Waals surface area (Å²) in [5, 5.41) is 6.02. The van der Waals surface area contributed by atoms with Gasteiger partial charge in [-0.3, -0.25) is 9.80 Å². The Bertz CT molecular complexity index is 318. The molecule has 0 atom stereocenters. The molecule has 2 aliphatic heterocycles. The van der Waals surface area contributed by atoms with Gasteiger partial charge in [0, 0.05) is 24.1 Å². The topological polar surface area (TPSA) is 35.6 Å². The summed E-state index contributed by atoms with van der Waals surface area (Å²) in [6.45, 7) is 1.80. The lowest BCUT2D eigenvalue weighted by atomic mass is 9.85. The maximum absolute atomic E-state index is 12.0. The van der Waals surface area contributed by atoms with Crippen molar-refractivity contribution in [2.45, 2.75) is 31.7 Å². The van der Waals surface area contributed by atoms with E-state index in [1.54, 1.807) is 5.01 Å². The average molecular weight is 237 g/mol. The SMILES string of the molecule is Cl.[2H]C([2H])([2H])N1C(=O)CC2(CCNCC2)N1CC. The number of amides is 1. The molecule has 0 aromatic carbocycles.